The van der Waals surface area contributed by atoms with E-state index in [1.165, 1.54) is 116 Å². The van der Waals surface area contributed by atoms with Gasteiger partial charge < -0.3 is 14.2 Å². The van der Waals surface area contributed by atoms with E-state index in [0.29, 0.717) is 19.3 Å². The van der Waals surface area contributed by atoms with Gasteiger partial charge in [-0.25, -0.2) is 0 Å². The molecule has 1 unspecified atom stereocenters. The van der Waals surface area contributed by atoms with E-state index in [0.717, 1.165) is 116 Å². The molecule has 6 nitrogen and oxygen atoms in total. The maximum Gasteiger partial charge on any atom is 0.306 e. The SMILES string of the molecule is CCC/C=C\C/C=C\CCCCCCCC(=O)OCC(COC(=O)CCCCCCCCC/C=C\CCCCCCCC)OC(=O)CCCCCCC/C=C\C/C=C\CCCCCC. The van der Waals surface area contributed by atoms with Gasteiger partial charge in [0.2, 0.25) is 0 Å². The molecule has 0 amide bonds. The van der Waals surface area contributed by atoms with Crippen molar-refractivity contribution >= 4 is 17.9 Å². The Labute approximate surface area is 396 Å². The number of esters is 3. The minimum Gasteiger partial charge on any atom is -0.462 e. The number of hydrogen-bond acceptors (Lipinski definition) is 6. The predicted molar refractivity (Wildman–Crippen MR) is 275 cm³/mol. The molecule has 0 heterocycles. The lowest BCUT2D eigenvalue weighted by molar-refractivity contribution is -0.167. The van der Waals surface area contributed by atoms with Crippen LogP contribution in [0.4, 0.5) is 0 Å². The van der Waals surface area contributed by atoms with Gasteiger partial charge in [0.1, 0.15) is 13.2 Å². The average molecular weight is 895 g/mol. The van der Waals surface area contributed by atoms with Gasteiger partial charge in [-0.05, 0) is 103 Å². The number of rotatable bonds is 49. The van der Waals surface area contributed by atoms with Gasteiger partial charge in [0.25, 0.3) is 0 Å². The Morgan fingerprint density at radius 3 is 0.953 bits per heavy atom. The maximum absolute atomic E-state index is 12.8. The van der Waals surface area contributed by atoms with Crippen LogP contribution in [-0.4, -0.2) is 37.2 Å². The molecule has 0 bridgehead atoms. The summed E-state index contributed by atoms with van der Waals surface area (Å²) in [5.74, 6) is -0.913. The predicted octanol–water partition coefficient (Wildman–Crippen LogP) is 18.0. The first-order valence-electron chi connectivity index (χ1n) is 27.3. The van der Waals surface area contributed by atoms with Crippen molar-refractivity contribution in [2.45, 2.75) is 277 Å². The Morgan fingerprint density at radius 1 is 0.312 bits per heavy atom. The van der Waals surface area contributed by atoms with E-state index >= 15 is 0 Å². The Hall–Kier alpha value is -2.89. The van der Waals surface area contributed by atoms with Gasteiger partial charge in [-0.15, -0.1) is 0 Å². The van der Waals surface area contributed by atoms with E-state index in [-0.39, 0.29) is 31.1 Å². The molecule has 0 fully saturated rings. The molecule has 0 N–H and O–H groups in total. The first-order chi connectivity index (χ1) is 31.5. The second-order valence-corrected chi connectivity index (χ2v) is 18.1. The Kier molecular flexibility index (Phi) is 50.4. The summed E-state index contributed by atoms with van der Waals surface area (Å²) in [4.78, 5) is 38.0. The molecular weight excluding hydrogens is 793 g/mol. The lowest BCUT2D eigenvalue weighted by Crippen LogP contribution is -2.30. The summed E-state index contributed by atoms with van der Waals surface area (Å²) < 4.78 is 16.8. The summed E-state index contributed by atoms with van der Waals surface area (Å²) in [6.45, 7) is 6.54. The lowest BCUT2D eigenvalue weighted by Gasteiger charge is -2.18. The van der Waals surface area contributed by atoms with Crippen molar-refractivity contribution in [3.8, 4) is 0 Å². The zero-order valence-electron chi connectivity index (χ0n) is 42.3. The second-order valence-electron chi connectivity index (χ2n) is 18.1. The third kappa shape index (κ3) is 50.1. The van der Waals surface area contributed by atoms with E-state index in [4.69, 9.17) is 14.2 Å². The van der Waals surface area contributed by atoms with Gasteiger partial charge in [0.05, 0.1) is 0 Å². The summed E-state index contributed by atoms with van der Waals surface area (Å²) in [6.07, 6.45) is 64.9. The van der Waals surface area contributed by atoms with E-state index in [1.54, 1.807) is 0 Å². The molecule has 370 valence electrons. The number of allylic oxidation sites excluding steroid dienone is 10. The first-order valence-corrected chi connectivity index (χ1v) is 27.3. The van der Waals surface area contributed by atoms with Crippen LogP contribution in [0.15, 0.2) is 60.8 Å². The molecular formula is C58H102O6. The van der Waals surface area contributed by atoms with Gasteiger partial charge in [0.15, 0.2) is 6.10 Å². The van der Waals surface area contributed by atoms with Crippen molar-refractivity contribution in [2.24, 2.45) is 0 Å². The summed E-state index contributed by atoms with van der Waals surface area (Å²) in [5, 5.41) is 0. The van der Waals surface area contributed by atoms with Crippen LogP contribution in [0.5, 0.6) is 0 Å². The number of hydrogen-bond donors (Lipinski definition) is 0. The quantitative estimate of drug-likeness (QED) is 0.0262. The van der Waals surface area contributed by atoms with Gasteiger partial charge >= 0.3 is 17.9 Å². The molecule has 0 saturated heterocycles. The zero-order chi connectivity index (χ0) is 46.5. The van der Waals surface area contributed by atoms with E-state index < -0.39 is 6.10 Å². The highest BCUT2D eigenvalue weighted by Gasteiger charge is 2.19. The van der Waals surface area contributed by atoms with Crippen LogP contribution in [0.25, 0.3) is 0 Å². The third-order valence-electron chi connectivity index (χ3n) is 11.7. The maximum atomic E-state index is 12.8. The summed E-state index contributed by atoms with van der Waals surface area (Å²) in [7, 11) is 0. The molecule has 0 aromatic rings. The van der Waals surface area contributed by atoms with Crippen molar-refractivity contribution in [1.82, 2.24) is 0 Å². The normalized spacial score (nSPS) is 12.5. The van der Waals surface area contributed by atoms with Crippen LogP contribution < -0.4 is 0 Å². The molecule has 0 spiro atoms. The fourth-order valence-electron chi connectivity index (χ4n) is 7.56. The van der Waals surface area contributed by atoms with E-state index in [2.05, 4.69) is 81.5 Å². The van der Waals surface area contributed by atoms with Crippen LogP contribution in [0.3, 0.4) is 0 Å². The highest BCUT2D eigenvalue weighted by Crippen LogP contribution is 2.14. The smallest absolute Gasteiger partial charge is 0.306 e. The third-order valence-corrected chi connectivity index (χ3v) is 11.7. The Balaban J connectivity index is 4.41. The number of ether oxygens (including phenoxy) is 3. The molecule has 0 aliphatic carbocycles. The highest BCUT2D eigenvalue weighted by molar-refractivity contribution is 5.71. The standard InChI is InChI=1S/C58H102O6/c1-4-7-10-13-16-19-22-25-27-29-31-33-36-39-42-45-48-51-57(60)63-54-55(53-62-56(59)50-47-44-41-38-35-32-24-21-18-15-12-9-6-3)64-58(61)52-49-46-43-40-37-34-30-28-26-23-20-17-14-11-8-5-2/h12,15,20-21,23-25,27-28,30,55H,4-11,13-14,16-19,22,26,29,31-54H2,1-3H3/b15-12-,23-20-,24-21-,27-25-,30-28-. The Morgan fingerprint density at radius 2 is 0.594 bits per heavy atom. The molecule has 0 aromatic heterocycles. The van der Waals surface area contributed by atoms with Crippen LogP contribution in [0, 0.1) is 0 Å². The second kappa shape index (κ2) is 52.7. The molecule has 0 rings (SSSR count). The molecule has 0 aliphatic heterocycles. The van der Waals surface area contributed by atoms with Crippen LogP contribution in [0.2, 0.25) is 0 Å². The largest absolute Gasteiger partial charge is 0.462 e. The van der Waals surface area contributed by atoms with Crippen molar-refractivity contribution < 1.29 is 28.6 Å². The molecule has 0 radical (unpaired) electrons. The summed E-state index contributed by atoms with van der Waals surface area (Å²) in [5.41, 5.74) is 0. The first kappa shape index (κ1) is 61.1. The Bertz CT molecular complexity index is 1170. The average Bonchev–Trinajstić information content (AvgIpc) is 3.29. The minimum absolute atomic E-state index is 0.0863. The summed E-state index contributed by atoms with van der Waals surface area (Å²) >= 11 is 0. The monoisotopic (exact) mass is 895 g/mol. The van der Waals surface area contributed by atoms with Crippen LogP contribution in [0.1, 0.15) is 271 Å². The molecule has 6 heteroatoms. The van der Waals surface area contributed by atoms with Crippen LogP contribution in [-0.2, 0) is 28.6 Å². The number of carbonyl (C=O) groups excluding carboxylic acids is 3. The van der Waals surface area contributed by atoms with Gasteiger partial charge in [-0.1, -0.05) is 210 Å². The van der Waals surface area contributed by atoms with Gasteiger partial charge in [-0.3, -0.25) is 14.4 Å². The van der Waals surface area contributed by atoms with Crippen molar-refractivity contribution in [3.05, 3.63) is 60.8 Å². The summed E-state index contributed by atoms with van der Waals surface area (Å²) in [6, 6.07) is 0. The van der Waals surface area contributed by atoms with Gasteiger partial charge in [0, 0.05) is 19.3 Å². The molecule has 0 aliphatic rings. The van der Waals surface area contributed by atoms with Crippen molar-refractivity contribution in [1.29, 1.82) is 0 Å². The van der Waals surface area contributed by atoms with Gasteiger partial charge in [-0.2, -0.15) is 0 Å². The van der Waals surface area contributed by atoms with Crippen molar-refractivity contribution in [3.63, 3.8) is 0 Å². The van der Waals surface area contributed by atoms with E-state index in [1.807, 2.05) is 0 Å². The topological polar surface area (TPSA) is 78.9 Å². The molecule has 0 aromatic carbocycles. The zero-order valence-corrected chi connectivity index (χ0v) is 42.3. The molecule has 64 heavy (non-hydrogen) atoms. The van der Waals surface area contributed by atoms with Crippen LogP contribution >= 0.6 is 0 Å². The fraction of sp³-hybridized carbons (Fsp3) is 0.776. The number of unbranched alkanes of at least 4 members (excludes halogenated alkanes) is 28. The van der Waals surface area contributed by atoms with Crippen molar-refractivity contribution in [2.75, 3.05) is 13.2 Å². The van der Waals surface area contributed by atoms with E-state index in [9.17, 15) is 14.4 Å². The highest BCUT2D eigenvalue weighted by atomic mass is 16.6. The minimum atomic E-state index is -0.788. The lowest BCUT2D eigenvalue weighted by atomic mass is 10.1. The molecule has 0 saturated carbocycles. The molecule has 1 atom stereocenters. The number of carbonyl (C=O) groups is 3. The fourth-order valence-corrected chi connectivity index (χ4v) is 7.56.